The number of nitrogens with zero attached hydrogens (tertiary/aromatic N) is 2. The normalized spacial score (nSPS) is 15.2. The van der Waals surface area contributed by atoms with Crippen LogP contribution in [0.25, 0.3) is 10.6 Å². The summed E-state index contributed by atoms with van der Waals surface area (Å²) < 4.78 is 5.27. The Kier molecular flexibility index (Phi) is 4.31. The van der Waals surface area contributed by atoms with E-state index in [2.05, 4.69) is 30.1 Å². The van der Waals surface area contributed by atoms with Crippen LogP contribution in [0.15, 0.2) is 29.6 Å². The number of rotatable bonds is 3. The van der Waals surface area contributed by atoms with Crippen molar-refractivity contribution >= 4 is 17.2 Å². The van der Waals surface area contributed by atoms with Crippen molar-refractivity contribution in [2.45, 2.75) is 13.3 Å². The van der Waals surface area contributed by atoms with Gasteiger partial charge >= 0.3 is 0 Å². The minimum atomic E-state index is 0.138. The SMILES string of the molecule is Cc1cccc(-c2nc(CC(=O)N3CCOCC3)cs2)c1. The van der Waals surface area contributed by atoms with Gasteiger partial charge in [-0.15, -0.1) is 11.3 Å². The molecule has 0 aliphatic carbocycles. The van der Waals surface area contributed by atoms with Crippen molar-refractivity contribution in [2.75, 3.05) is 26.3 Å². The van der Waals surface area contributed by atoms with Gasteiger partial charge in [-0.2, -0.15) is 0 Å². The molecule has 3 rings (SSSR count). The quantitative estimate of drug-likeness (QED) is 0.875. The molecule has 1 aliphatic heterocycles. The average Bonchev–Trinajstić information content (AvgIpc) is 2.97. The first-order valence-corrected chi connectivity index (χ1v) is 7.97. The maximum absolute atomic E-state index is 12.2. The maximum Gasteiger partial charge on any atom is 0.228 e. The van der Waals surface area contributed by atoms with E-state index in [1.807, 2.05) is 16.3 Å². The van der Waals surface area contributed by atoms with Crippen LogP contribution < -0.4 is 0 Å². The number of aryl methyl sites for hydroxylation is 1. The fourth-order valence-electron chi connectivity index (χ4n) is 2.38. The molecule has 5 heteroatoms. The van der Waals surface area contributed by atoms with Crippen molar-refractivity contribution in [3.8, 4) is 10.6 Å². The summed E-state index contributed by atoms with van der Waals surface area (Å²) in [5.74, 6) is 0.138. The van der Waals surface area contributed by atoms with Crippen LogP contribution in [0.5, 0.6) is 0 Å². The van der Waals surface area contributed by atoms with E-state index in [9.17, 15) is 4.79 Å². The van der Waals surface area contributed by atoms with Gasteiger partial charge in [-0.25, -0.2) is 4.98 Å². The summed E-state index contributed by atoms with van der Waals surface area (Å²) in [5.41, 5.74) is 3.19. The van der Waals surface area contributed by atoms with Crippen molar-refractivity contribution in [2.24, 2.45) is 0 Å². The van der Waals surface area contributed by atoms with Crippen LogP contribution in [0, 0.1) is 6.92 Å². The molecule has 1 amide bonds. The largest absolute Gasteiger partial charge is 0.378 e. The highest BCUT2D eigenvalue weighted by Gasteiger charge is 2.18. The van der Waals surface area contributed by atoms with Crippen molar-refractivity contribution in [1.29, 1.82) is 0 Å². The first-order chi connectivity index (χ1) is 10.2. The van der Waals surface area contributed by atoms with Crippen LogP contribution in [0.2, 0.25) is 0 Å². The lowest BCUT2D eigenvalue weighted by Crippen LogP contribution is -2.41. The predicted molar refractivity (Wildman–Crippen MR) is 83.4 cm³/mol. The van der Waals surface area contributed by atoms with Crippen molar-refractivity contribution < 1.29 is 9.53 Å². The van der Waals surface area contributed by atoms with Gasteiger partial charge in [-0.05, 0) is 13.0 Å². The Balaban J connectivity index is 1.69. The minimum absolute atomic E-state index is 0.138. The third-order valence-corrected chi connectivity index (χ3v) is 4.45. The van der Waals surface area contributed by atoms with Gasteiger partial charge in [0.2, 0.25) is 5.91 Å². The fourth-order valence-corrected chi connectivity index (χ4v) is 3.20. The number of ether oxygens (including phenoxy) is 1. The average molecular weight is 302 g/mol. The van der Waals surface area contributed by atoms with Crippen LogP contribution in [0.1, 0.15) is 11.3 Å². The molecule has 0 bridgehead atoms. The van der Waals surface area contributed by atoms with E-state index in [1.165, 1.54) is 5.56 Å². The van der Waals surface area contributed by atoms with Crippen LogP contribution in [0.4, 0.5) is 0 Å². The molecule has 1 aliphatic rings. The van der Waals surface area contributed by atoms with Gasteiger partial charge in [0.05, 0.1) is 25.3 Å². The van der Waals surface area contributed by atoms with Crippen molar-refractivity contribution in [1.82, 2.24) is 9.88 Å². The van der Waals surface area contributed by atoms with Crippen molar-refractivity contribution in [3.63, 3.8) is 0 Å². The highest BCUT2D eigenvalue weighted by molar-refractivity contribution is 7.13. The lowest BCUT2D eigenvalue weighted by Gasteiger charge is -2.26. The van der Waals surface area contributed by atoms with E-state index >= 15 is 0 Å². The Bertz CT molecular complexity index is 633. The number of morpholine rings is 1. The molecule has 0 spiro atoms. The van der Waals surface area contributed by atoms with E-state index < -0.39 is 0 Å². The molecule has 0 saturated carbocycles. The number of aromatic nitrogens is 1. The van der Waals surface area contributed by atoms with Crippen LogP contribution in [0.3, 0.4) is 0 Å². The number of hydrogen-bond acceptors (Lipinski definition) is 4. The minimum Gasteiger partial charge on any atom is -0.378 e. The second kappa shape index (κ2) is 6.37. The molecule has 4 nitrogen and oxygen atoms in total. The molecule has 1 fully saturated rings. The number of benzene rings is 1. The topological polar surface area (TPSA) is 42.4 Å². The smallest absolute Gasteiger partial charge is 0.228 e. The molecule has 0 radical (unpaired) electrons. The number of carbonyl (C=O) groups excluding carboxylic acids is 1. The molecule has 0 atom stereocenters. The molecule has 0 N–H and O–H groups in total. The van der Waals surface area contributed by atoms with E-state index in [0.717, 1.165) is 16.3 Å². The molecular weight excluding hydrogens is 284 g/mol. The fraction of sp³-hybridized carbons (Fsp3) is 0.375. The molecule has 1 saturated heterocycles. The standard InChI is InChI=1S/C16H18N2O2S/c1-12-3-2-4-13(9-12)16-17-14(11-21-16)10-15(19)18-5-7-20-8-6-18/h2-4,9,11H,5-8,10H2,1H3. The molecule has 1 aromatic carbocycles. The van der Waals surface area contributed by atoms with Gasteiger partial charge in [0, 0.05) is 24.0 Å². The molecule has 110 valence electrons. The van der Waals surface area contributed by atoms with Gasteiger partial charge in [-0.1, -0.05) is 23.8 Å². The number of hydrogen-bond donors (Lipinski definition) is 0. The molecule has 0 unspecified atom stereocenters. The lowest BCUT2D eigenvalue weighted by atomic mass is 10.1. The molecule has 21 heavy (non-hydrogen) atoms. The Morgan fingerprint density at radius 2 is 2.19 bits per heavy atom. The lowest BCUT2D eigenvalue weighted by molar-refractivity contribution is -0.134. The molecular formula is C16H18N2O2S. The zero-order chi connectivity index (χ0) is 14.7. The second-order valence-corrected chi connectivity index (χ2v) is 6.04. The maximum atomic E-state index is 12.2. The second-order valence-electron chi connectivity index (χ2n) is 5.18. The number of carbonyl (C=O) groups is 1. The van der Waals surface area contributed by atoms with Gasteiger partial charge in [0.15, 0.2) is 0 Å². The molecule has 2 aromatic rings. The third kappa shape index (κ3) is 3.49. The van der Waals surface area contributed by atoms with E-state index in [1.54, 1.807) is 11.3 Å². The summed E-state index contributed by atoms with van der Waals surface area (Å²) in [6.45, 7) is 4.72. The zero-order valence-electron chi connectivity index (χ0n) is 12.0. The van der Waals surface area contributed by atoms with Crippen LogP contribution in [-0.2, 0) is 16.0 Å². The van der Waals surface area contributed by atoms with Crippen LogP contribution >= 0.6 is 11.3 Å². The molecule has 1 aromatic heterocycles. The summed E-state index contributed by atoms with van der Waals surface area (Å²) in [5, 5.41) is 2.96. The first-order valence-electron chi connectivity index (χ1n) is 7.09. The van der Waals surface area contributed by atoms with Gasteiger partial charge in [0.25, 0.3) is 0 Å². The van der Waals surface area contributed by atoms with E-state index in [0.29, 0.717) is 32.7 Å². The highest BCUT2D eigenvalue weighted by atomic mass is 32.1. The zero-order valence-corrected chi connectivity index (χ0v) is 12.9. The van der Waals surface area contributed by atoms with Crippen LogP contribution in [-0.4, -0.2) is 42.1 Å². The summed E-state index contributed by atoms with van der Waals surface area (Å²) in [6.07, 6.45) is 0.377. The highest BCUT2D eigenvalue weighted by Crippen LogP contribution is 2.24. The van der Waals surface area contributed by atoms with E-state index in [-0.39, 0.29) is 5.91 Å². The predicted octanol–water partition coefficient (Wildman–Crippen LogP) is 2.52. The number of amides is 1. The van der Waals surface area contributed by atoms with Gasteiger partial charge in [0.1, 0.15) is 5.01 Å². The summed E-state index contributed by atoms with van der Waals surface area (Å²) >= 11 is 1.59. The Morgan fingerprint density at radius 1 is 1.38 bits per heavy atom. The van der Waals surface area contributed by atoms with E-state index in [4.69, 9.17) is 4.74 Å². The van der Waals surface area contributed by atoms with Gasteiger partial charge < -0.3 is 9.64 Å². The Morgan fingerprint density at radius 3 is 2.95 bits per heavy atom. The Labute approximate surface area is 128 Å². The summed E-state index contributed by atoms with van der Waals surface area (Å²) in [6, 6.07) is 8.27. The number of thiazole rings is 1. The Hall–Kier alpha value is -1.72. The monoisotopic (exact) mass is 302 g/mol. The molecule has 2 heterocycles. The summed E-state index contributed by atoms with van der Waals surface area (Å²) in [7, 11) is 0. The summed E-state index contributed by atoms with van der Waals surface area (Å²) in [4.78, 5) is 18.7. The van der Waals surface area contributed by atoms with Crippen molar-refractivity contribution in [3.05, 3.63) is 40.9 Å². The van der Waals surface area contributed by atoms with Gasteiger partial charge in [-0.3, -0.25) is 4.79 Å². The third-order valence-electron chi connectivity index (χ3n) is 3.51. The first kappa shape index (κ1) is 14.2.